The molecule has 0 N–H and O–H groups in total. The number of aromatic nitrogens is 4. The molecule has 0 bridgehead atoms. The largest absolute Gasteiger partial charge is 0.416 e. The van der Waals surface area contributed by atoms with Gasteiger partial charge in [0.05, 0.1) is 30.2 Å². The summed E-state index contributed by atoms with van der Waals surface area (Å²) in [5.74, 6) is 0.0745. The molecule has 1 aliphatic rings. The van der Waals surface area contributed by atoms with Crippen LogP contribution in [0.25, 0.3) is 11.4 Å². The maximum atomic E-state index is 12.9. The lowest BCUT2D eigenvalue weighted by Crippen LogP contribution is -2.59. The first-order valence-electron chi connectivity index (χ1n) is 11.5. The molecule has 3 aromatic carbocycles. The highest BCUT2D eigenvalue weighted by atomic mass is 32.2. The number of hydrogen-bond donors (Lipinski definition) is 0. The Morgan fingerprint density at radius 3 is 2.24 bits per heavy atom. The van der Waals surface area contributed by atoms with Gasteiger partial charge in [-0.15, -0.1) is 10.2 Å². The van der Waals surface area contributed by atoms with Gasteiger partial charge < -0.3 is 4.74 Å². The van der Waals surface area contributed by atoms with Gasteiger partial charge in [0, 0.05) is 5.56 Å². The number of rotatable bonds is 8. The molecule has 192 valence electrons. The maximum Gasteiger partial charge on any atom is 0.416 e. The molecular weight excluding hydrogens is 505 g/mol. The summed E-state index contributed by atoms with van der Waals surface area (Å²) in [4.78, 5) is 1.34. The standard InChI is InChI=1S/C26H23F3N4O3S/c27-26(28,29)22-12-10-19(11-13-22)14-21-8-4-5-9-23(21)24-30-32-33(31-24)16-25(17-37(34,35)18-25)36-15-20-6-2-1-3-7-20/h1-13H,14-18H2. The van der Waals surface area contributed by atoms with Gasteiger partial charge in [-0.25, -0.2) is 8.42 Å². The highest BCUT2D eigenvalue weighted by Gasteiger charge is 2.50. The average molecular weight is 529 g/mol. The first-order valence-corrected chi connectivity index (χ1v) is 13.3. The number of tetrazole rings is 1. The minimum Gasteiger partial charge on any atom is -0.366 e. The second kappa shape index (κ2) is 9.71. The van der Waals surface area contributed by atoms with E-state index in [1.54, 1.807) is 0 Å². The minimum absolute atomic E-state index is 0.118. The Bertz CT molecular complexity index is 1480. The van der Waals surface area contributed by atoms with Gasteiger partial charge in [0.2, 0.25) is 5.82 Å². The van der Waals surface area contributed by atoms with Crippen molar-refractivity contribution in [1.82, 2.24) is 20.2 Å². The van der Waals surface area contributed by atoms with Gasteiger partial charge in [-0.05, 0) is 40.5 Å². The van der Waals surface area contributed by atoms with E-state index in [1.165, 1.54) is 16.9 Å². The molecule has 2 heterocycles. The van der Waals surface area contributed by atoms with E-state index < -0.39 is 27.2 Å². The fourth-order valence-electron chi connectivity index (χ4n) is 4.39. The average Bonchev–Trinajstić information content (AvgIpc) is 3.30. The number of hydrogen-bond acceptors (Lipinski definition) is 6. The van der Waals surface area contributed by atoms with E-state index in [2.05, 4.69) is 15.4 Å². The number of halogens is 3. The molecule has 0 radical (unpaired) electrons. The zero-order valence-corrected chi connectivity index (χ0v) is 20.4. The molecule has 11 heteroatoms. The second-order valence-electron chi connectivity index (χ2n) is 9.16. The molecule has 0 spiro atoms. The van der Waals surface area contributed by atoms with Crippen LogP contribution >= 0.6 is 0 Å². The van der Waals surface area contributed by atoms with Crippen LogP contribution in [0, 0.1) is 0 Å². The third-order valence-corrected chi connectivity index (χ3v) is 8.10. The minimum atomic E-state index is -4.39. The third-order valence-electron chi connectivity index (χ3n) is 6.17. The summed E-state index contributed by atoms with van der Waals surface area (Å²) in [6.07, 6.45) is -4.01. The third kappa shape index (κ3) is 5.89. The van der Waals surface area contributed by atoms with Crippen LogP contribution in [-0.4, -0.2) is 45.7 Å². The van der Waals surface area contributed by atoms with Gasteiger partial charge in [-0.2, -0.15) is 18.0 Å². The lowest BCUT2D eigenvalue weighted by atomic mass is 9.98. The van der Waals surface area contributed by atoms with Crippen LogP contribution in [0.4, 0.5) is 13.2 Å². The quantitative estimate of drug-likeness (QED) is 0.338. The molecule has 1 saturated heterocycles. The summed E-state index contributed by atoms with van der Waals surface area (Å²) in [7, 11) is -3.20. The van der Waals surface area contributed by atoms with Crippen LogP contribution in [0.2, 0.25) is 0 Å². The van der Waals surface area contributed by atoms with Gasteiger partial charge in [0.15, 0.2) is 9.84 Å². The van der Waals surface area contributed by atoms with Crippen LogP contribution in [0.3, 0.4) is 0 Å². The van der Waals surface area contributed by atoms with Crippen molar-refractivity contribution in [3.63, 3.8) is 0 Å². The fourth-order valence-corrected chi connectivity index (χ4v) is 6.26. The Balaban J connectivity index is 1.33. The highest BCUT2D eigenvalue weighted by Crippen LogP contribution is 2.32. The summed E-state index contributed by atoms with van der Waals surface area (Å²) in [5, 5.41) is 12.8. The van der Waals surface area contributed by atoms with Gasteiger partial charge in [0.25, 0.3) is 0 Å². The number of sulfone groups is 1. The molecule has 0 unspecified atom stereocenters. The molecule has 7 nitrogen and oxygen atoms in total. The number of ether oxygens (including phenoxy) is 1. The highest BCUT2D eigenvalue weighted by molar-refractivity contribution is 7.93. The van der Waals surface area contributed by atoms with Gasteiger partial charge in [-0.3, -0.25) is 0 Å². The summed E-state index contributed by atoms with van der Waals surface area (Å²) < 4.78 is 68.8. The summed E-state index contributed by atoms with van der Waals surface area (Å²) in [5.41, 5.74) is 1.50. The molecule has 1 aliphatic heterocycles. The number of benzene rings is 3. The Kier molecular flexibility index (Phi) is 6.59. The van der Waals surface area contributed by atoms with Crippen LogP contribution in [-0.2, 0) is 40.3 Å². The fraction of sp³-hybridized carbons (Fsp3) is 0.269. The van der Waals surface area contributed by atoms with Gasteiger partial charge >= 0.3 is 6.18 Å². The van der Waals surface area contributed by atoms with Crippen LogP contribution in [0.1, 0.15) is 22.3 Å². The molecule has 1 aromatic heterocycles. The Morgan fingerprint density at radius 1 is 0.892 bits per heavy atom. The molecule has 0 aliphatic carbocycles. The van der Waals surface area contributed by atoms with Crippen molar-refractivity contribution in [2.24, 2.45) is 0 Å². The smallest absolute Gasteiger partial charge is 0.366 e. The number of alkyl halides is 3. The topological polar surface area (TPSA) is 87.0 Å². The van der Waals surface area contributed by atoms with E-state index in [0.29, 0.717) is 23.4 Å². The Morgan fingerprint density at radius 2 is 1.57 bits per heavy atom. The van der Waals surface area contributed by atoms with Crippen molar-refractivity contribution >= 4 is 9.84 Å². The van der Waals surface area contributed by atoms with Gasteiger partial charge in [-0.1, -0.05) is 66.7 Å². The molecular formula is C26H23F3N4O3S. The van der Waals surface area contributed by atoms with Crippen molar-refractivity contribution in [2.45, 2.75) is 31.3 Å². The van der Waals surface area contributed by atoms with Gasteiger partial charge in [0.1, 0.15) is 5.60 Å². The predicted octanol–water partition coefficient (Wildman–Crippen LogP) is 4.33. The zero-order valence-electron chi connectivity index (χ0n) is 19.6. The second-order valence-corrected chi connectivity index (χ2v) is 11.2. The first-order chi connectivity index (χ1) is 17.6. The molecule has 0 saturated carbocycles. The predicted molar refractivity (Wildman–Crippen MR) is 130 cm³/mol. The van der Waals surface area contributed by atoms with Crippen LogP contribution in [0.5, 0.6) is 0 Å². The van der Waals surface area contributed by atoms with Crippen molar-refractivity contribution in [1.29, 1.82) is 0 Å². The SMILES string of the molecule is O=S1(=O)CC(Cn2nnc(-c3ccccc3Cc3ccc(C(F)(F)F)cc3)n2)(OCc2ccccc2)C1. The van der Waals surface area contributed by atoms with E-state index in [4.69, 9.17) is 4.74 Å². The van der Waals surface area contributed by atoms with Crippen molar-refractivity contribution < 1.29 is 26.3 Å². The molecule has 0 amide bonds. The first kappa shape index (κ1) is 25.1. The molecule has 37 heavy (non-hydrogen) atoms. The summed E-state index contributed by atoms with van der Waals surface area (Å²) in [6, 6.07) is 21.8. The normalized spacial score (nSPS) is 16.3. The van der Waals surface area contributed by atoms with Crippen LogP contribution in [0.15, 0.2) is 78.9 Å². The summed E-state index contributed by atoms with van der Waals surface area (Å²) in [6.45, 7) is 0.376. The zero-order chi connectivity index (χ0) is 26.1. The van der Waals surface area contributed by atoms with E-state index >= 15 is 0 Å². The molecule has 5 rings (SSSR count). The lowest BCUT2D eigenvalue weighted by Gasteiger charge is -2.40. The van der Waals surface area contributed by atoms with E-state index in [1.807, 2.05) is 54.6 Å². The van der Waals surface area contributed by atoms with Crippen molar-refractivity contribution in [3.8, 4) is 11.4 Å². The molecule has 1 fully saturated rings. The Hall–Kier alpha value is -3.57. The summed E-state index contributed by atoms with van der Waals surface area (Å²) >= 11 is 0. The van der Waals surface area contributed by atoms with Crippen molar-refractivity contribution in [2.75, 3.05) is 11.5 Å². The molecule has 4 aromatic rings. The van der Waals surface area contributed by atoms with Crippen LogP contribution < -0.4 is 0 Å². The number of nitrogens with zero attached hydrogens (tertiary/aromatic N) is 4. The maximum absolute atomic E-state index is 12.9. The Labute approximate surface area is 211 Å². The van der Waals surface area contributed by atoms with E-state index in [9.17, 15) is 21.6 Å². The van der Waals surface area contributed by atoms with E-state index in [0.717, 1.165) is 23.3 Å². The molecule has 0 atom stereocenters. The van der Waals surface area contributed by atoms with E-state index in [-0.39, 0.29) is 24.7 Å². The van der Waals surface area contributed by atoms with Crippen molar-refractivity contribution in [3.05, 3.63) is 101 Å². The monoisotopic (exact) mass is 528 g/mol. The lowest BCUT2D eigenvalue weighted by molar-refractivity contribution is -0.137.